The molecular formula is C48H73NO13. The van der Waals surface area contributed by atoms with E-state index in [0.717, 1.165) is 70.8 Å². The molecule has 62 heavy (non-hydrogen) atoms. The zero-order valence-corrected chi connectivity index (χ0v) is 37.8. The van der Waals surface area contributed by atoms with Crippen LogP contribution in [0.5, 0.6) is 5.75 Å². The van der Waals surface area contributed by atoms with Gasteiger partial charge >= 0.3 is 11.9 Å². The lowest BCUT2D eigenvalue weighted by atomic mass is 9.47. The number of hydrogen-bond donors (Lipinski definition) is 5. The number of aliphatic hydroxyl groups is 4. The number of fused-ring (bicyclic) bond motifs is 5. The van der Waals surface area contributed by atoms with Crippen LogP contribution < -0.4 is 10.1 Å². The molecule has 0 radical (unpaired) electrons. The van der Waals surface area contributed by atoms with E-state index in [0.29, 0.717) is 35.3 Å². The minimum Gasteiger partial charge on any atom is -0.497 e. The lowest BCUT2D eigenvalue weighted by Crippen LogP contribution is -2.62. The smallest absolute Gasteiger partial charge is 0.338 e. The number of methoxy groups -OCH3 is 1. The molecule has 4 aliphatic carbocycles. The lowest BCUT2D eigenvalue weighted by molar-refractivity contribution is -0.340. The maximum atomic E-state index is 13.3. The van der Waals surface area contributed by atoms with E-state index in [-0.39, 0.29) is 47.7 Å². The molecule has 14 nitrogen and oxygen atoms in total. The Hall–Kier alpha value is -2.66. The lowest BCUT2D eigenvalue weighted by Gasteiger charge is -2.58. The van der Waals surface area contributed by atoms with Crippen LogP contribution in [0.15, 0.2) is 35.9 Å². The normalized spacial score (nSPS) is 41.4. The van der Waals surface area contributed by atoms with Crippen molar-refractivity contribution in [3.63, 3.8) is 0 Å². The standard InChI is InChI=1S/C48H73NO13/c1-26(23-49-6)9-8-10-27(2)39-38(22-35-33-16-13-30-21-31(51)17-19-47(30,4)34(33)18-20-48(35,39)5)60-46-43(59-28(3)50)41(37(53)25-58-46)62-45-42(40(54)36(52)24-57-45)61-44(55)29-11-14-32(56-7)15-12-29/h11-15,26-27,31,33-43,45-46,49,51-54H,8-10,16-25H2,1-7H3/t26-,27-,31+,33?,34?,35?,36-,37+,38+,39+,40+,41+,42-,43-,45+,46+,47+,48+/m1/s1. The Morgan fingerprint density at radius 1 is 0.887 bits per heavy atom. The average Bonchev–Trinajstić information content (AvgIpc) is 3.54. The third kappa shape index (κ3) is 9.65. The van der Waals surface area contributed by atoms with Crippen molar-refractivity contribution < 1.29 is 63.2 Å². The summed E-state index contributed by atoms with van der Waals surface area (Å²) in [6.45, 7) is 11.3. The Bertz CT molecular complexity index is 1710. The molecule has 3 saturated carbocycles. The van der Waals surface area contributed by atoms with E-state index in [1.807, 2.05) is 7.05 Å². The van der Waals surface area contributed by atoms with Gasteiger partial charge in [0.1, 0.15) is 30.2 Å². The highest BCUT2D eigenvalue weighted by Crippen LogP contribution is 2.68. The molecule has 0 amide bonds. The van der Waals surface area contributed by atoms with Gasteiger partial charge in [0.05, 0.1) is 38.1 Å². The molecule has 14 heteroatoms. The third-order valence-electron chi connectivity index (χ3n) is 16.0. The van der Waals surface area contributed by atoms with Gasteiger partial charge in [0, 0.05) is 6.92 Å². The fourth-order valence-electron chi connectivity index (χ4n) is 12.9. The van der Waals surface area contributed by atoms with Crippen LogP contribution in [0.4, 0.5) is 0 Å². The molecule has 0 aromatic heterocycles. The highest BCUT2D eigenvalue weighted by atomic mass is 16.7. The van der Waals surface area contributed by atoms with Crippen molar-refractivity contribution in [3.05, 3.63) is 41.5 Å². The number of ether oxygens (including phenoxy) is 7. The average molecular weight is 872 g/mol. The highest BCUT2D eigenvalue weighted by molar-refractivity contribution is 5.89. The summed E-state index contributed by atoms with van der Waals surface area (Å²) in [6, 6.07) is 6.20. The maximum Gasteiger partial charge on any atom is 0.338 e. The van der Waals surface area contributed by atoms with Crippen LogP contribution in [-0.4, -0.2) is 128 Å². The number of carbonyl (C=O) groups excluding carboxylic acids is 2. The van der Waals surface area contributed by atoms with E-state index < -0.39 is 61.1 Å². The molecule has 348 valence electrons. The van der Waals surface area contributed by atoms with Crippen molar-refractivity contribution in [1.82, 2.24) is 5.32 Å². The summed E-state index contributed by atoms with van der Waals surface area (Å²) >= 11 is 0. The van der Waals surface area contributed by atoms with Gasteiger partial charge in [-0.1, -0.05) is 52.2 Å². The molecule has 2 heterocycles. The van der Waals surface area contributed by atoms with Gasteiger partial charge in [-0.2, -0.15) is 0 Å². The zero-order chi connectivity index (χ0) is 44.5. The van der Waals surface area contributed by atoms with Crippen LogP contribution in [0.3, 0.4) is 0 Å². The van der Waals surface area contributed by atoms with Crippen LogP contribution in [-0.2, 0) is 33.2 Å². The predicted molar refractivity (Wildman–Crippen MR) is 228 cm³/mol. The van der Waals surface area contributed by atoms with Crippen molar-refractivity contribution in [1.29, 1.82) is 0 Å². The van der Waals surface area contributed by atoms with Crippen LogP contribution in [0.25, 0.3) is 0 Å². The van der Waals surface area contributed by atoms with Gasteiger partial charge in [-0.05, 0) is 136 Å². The first-order valence-corrected chi connectivity index (χ1v) is 23.2. The molecule has 1 aromatic rings. The van der Waals surface area contributed by atoms with Gasteiger partial charge in [0.15, 0.2) is 24.8 Å². The van der Waals surface area contributed by atoms with Crippen LogP contribution in [0, 0.1) is 46.3 Å². The van der Waals surface area contributed by atoms with Crippen molar-refractivity contribution in [2.24, 2.45) is 46.3 Å². The molecular weight excluding hydrogens is 799 g/mol. The first-order chi connectivity index (χ1) is 29.6. The summed E-state index contributed by atoms with van der Waals surface area (Å²) in [5.41, 5.74) is 1.65. The number of esters is 2. The van der Waals surface area contributed by atoms with Gasteiger partial charge in [-0.3, -0.25) is 4.79 Å². The van der Waals surface area contributed by atoms with Gasteiger partial charge in [0.2, 0.25) is 0 Å². The molecule has 18 atom stereocenters. The molecule has 1 aromatic carbocycles. The Labute approximate surface area is 367 Å². The summed E-state index contributed by atoms with van der Waals surface area (Å²) in [5.74, 6) is 1.52. The minimum absolute atomic E-state index is 0.0212. The highest BCUT2D eigenvalue weighted by Gasteiger charge is 2.63. The minimum atomic E-state index is -1.59. The SMILES string of the molecule is CNC[C@H](C)CCC[C@@H](C)[C@H]1[C@@H](O[C@@H]2OC[C@H](O)[C@H](O[C@@H]3OC[C@@H](O)[C@H](O)[C@H]3OC(=O)c3ccc(OC)cc3)[C@H]2OC(C)=O)CC2C3CC=C4C[C@@H](O)CC[C@]4(C)C3CC[C@@]21C. The predicted octanol–water partition coefficient (Wildman–Crippen LogP) is 4.93. The molecule has 6 aliphatic rings. The van der Waals surface area contributed by atoms with Crippen molar-refractivity contribution in [2.75, 3.05) is 33.9 Å². The van der Waals surface area contributed by atoms with E-state index >= 15 is 0 Å². The summed E-state index contributed by atoms with van der Waals surface area (Å²) in [5, 5.41) is 47.1. The summed E-state index contributed by atoms with van der Waals surface area (Å²) in [7, 11) is 3.50. The van der Waals surface area contributed by atoms with Gasteiger partial charge in [0.25, 0.3) is 0 Å². The number of carbonyl (C=O) groups is 2. The van der Waals surface area contributed by atoms with Gasteiger partial charge < -0.3 is 58.9 Å². The molecule has 5 N–H and O–H groups in total. The van der Waals surface area contributed by atoms with E-state index in [1.54, 1.807) is 12.1 Å². The molecule has 3 unspecified atom stereocenters. The quantitative estimate of drug-likeness (QED) is 0.118. The maximum absolute atomic E-state index is 13.3. The van der Waals surface area contributed by atoms with Gasteiger partial charge in [-0.15, -0.1) is 0 Å². The number of allylic oxidation sites excluding steroid dienone is 1. The fraction of sp³-hybridized carbons (Fsp3) is 0.792. The monoisotopic (exact) mass is 872 g/mol. The Balaban J connectivity index is 1.14. The molecule has 2 aliphatic heterocycles. The Morgan fingerprint density at radius 2 is 1.60 bits per heavy atom. The molecule has 5 fully saturated rings. The van der Waals surface area contributed by atoms with E-state index in [9.17, 15) is 30.0 Å². The third-order valence-corrected chi connectivity index (χ3v) is 16.0. The second-order valence-electron chi connectivity index (χ2n) is 20.0. The Morgan fingerprint density at radius 3 is 2.29 bits per heavy atom. The van der Waals surface area contributed by atoms with Crippen molar-refractivity contribution >= 4 is 11.9 Å². The number of hydrogen-bond acceptors (Lipinski definition) is 14. The second kappa shape index (κ2) is 19.8. The van der Waals surface area contributed by atoms with Crippen LogP contribution in [0.2, 0.25) is 0 Å². The topological polar surface area (TPSA) is 192 Å². The number of aliphatic hydroxyl groups excluding tert-OH is 4. The Kier molecular flexibility index (Phi) is 15.1. The molecule has 2 saturated heterocycles. The van der Waals surface area contributed by atoms with E-state index in [2.05, 4.69) is 39.1 Å². The van der Waals surface area contributed by atoms with E-state index in [1.165, 1.54) is 31.7 Å². The zero-order valence-electron chi connectivity index (χ0n) is 37.8. The van der Waals surface area contributed by atoms with Crippen LogP contribution >= 0.6 is 0 Å². The van der Waals surface area contributed by atoms with Crippen LogP contribution in [0.1, 0.15) is 109 Å². The van der Waals surface area contributed by atoms with Crippen molar-refractivity contribution in [3.8, 4) is 5.75 Å². The first-order valence-electron chi connectivity index (χ1n) is 23.2. The number of nitrogens with one attached hydrogen (secondary N) is 1. The molecule has 7 rings (SSSR count). The van der Waals surface area contributed by atoms with Gasteiger partial charge in [-0.25, -0.2) is 4.79 Å². The number of rotatable bonds is 15. The fourth-order valence-corrected chi connectivity index (χ4v) is 12.9. The largest absolute Gasteiger partial charge is 0.497 e. The molecule has 0 bridgehead atoms. The summed E-state index contributed by atoms with van der Waals surface area (Å²) in [4.78, 5) is 26.2. The summed E-state index contributed by atoms with van der Waals surface area (Å²) in [6.07, 6.45) is 0.880. The van der Waals surface area contributed by atoms with E-state index in [4.69, 9.17) is 33.2 Å². The number of benzene rings is 1. The second-order valence-corrected chi connectivity index (χ2v) is 20.0. The first kappa shape index (κ1) is 47.3. The molecule has 0 spiro atoms. The van der Waals surface area contributed by atoms with Crippen molar-refractivity contribution in [2.45, 2.75) is 160 Å². The summed E-state index contributed by atoms with van der Waals surface area (Å²) < 4.78 is 42.4.